The lowest BCUT2D eigenvalue weighted by Crippen LogP contribution is -2.40. The van der Waals surface area contributed by atoms with Crippen LogP contribution < -0.4 is 4.57 Å². The molecule has 2 heterocycles. The van der Waals surface area contributed by atoms with Crippen molar-refractivity contribution < 1.29 is 4.57 Å². The number of hydrogen-bond acceptors (Lipinski definition) is 0. The fourth-order valence-electron chi connectivity index (χ4n) is 3.00. The van der Waals surface area contributed by atoms with E-state index in [1.54, 1.807) is 0 Å². The van der Waals surface area contributed by atoms with Gasteiger partial charge in [0, 0.05) is 23.6 Å². The highest BCUT2D eigenvalue weighted by Crippen LogP contribution is 2.27. The number of fused-ring (bicyclic) bond motifs is 3. The summed E-state index contributed by atoms with van der Waals surface area (Å²) in [5, 5.41) is 0. The van der Waals surface area contributed by atoms with Gasteiger partial charge in [-0.3, -0.25) is 0 Å². The zero-order chi connectivity index (χ0) is 13.4. The van der Waals surface area contributed by atoms with E-state index < -0.39 is 0 Å². The van der Waals surface area contributed by atoms with Crippen LogP contribution in [0.15, 0.2) is 72.9 Å². The Labute approximate surface area is 119 Å². The number of nitrogens with zero attached hydrogens (tertiary/aromatic N) is 1. The van der Waals surface area contributed by atoms with Crippen LogP contribution >= 0.6 is 0 Å². The zero-order valence-corrected chi connectivity index (χ0v) is 11.3. The number of aryl methyl sites for hydroxylation is 2. The molecule has 0 bridgehead atoms. The predicted molar refractivity (Wildman–Crippen MR) is 81.2 cm³/mol. The fourth-order valence-corrected chi connectivity index (χ4v) is 3.00. The monoisotopic (exact) mass is 258 g/mol. The van der Waals surface area contributed by atoms with Crippen LogP contribution in [0.3, 0.4) is 0 Å². The Balaban J connectivity index is 1.85. The van der Waals surface area contributed by atoms with Crippen LogP contribution in [-0.2, 0) is 13.0 Å². The maximum atomic E-state index is 2.38. The molecule has 0 aliphatic carbocycles. The van der Waals surface area contributed by atoms with E-state index in [0.29, 0.717) is 0 Å². The summed E-state index contributed by atoms with van der Waals surface area (Å²) >= 11 is 0. The van der Waals surface area contributed by atoms with Gasteiger partial charge in [0.25, 0.3) is 0 Å². The Morgan fingerprint density at radius 3 is 2.40 bits per heavy atom. The third-order valence-corrected chi connectivity index (χ3v) is 4.05. The first kappa shape index (κ1) is 11.4. The van der Waals surface area contributed by atoms with E-state index in [2.05, 4.69) is 77.5 Å². The topological polar surface area (TPSA) is 3.88 Å². The molecule has 0 radical (unpaired) electrons. The van der Waals surface area contributed by atoms with Gasteiger partial charge < -0.3 is 0 Å². The fraction of sp³-hybridized carbons (Fsp3) is 0.105. The minimum Gasteiger partial charge on any atom is -0.197 e. The number of pyridine rings is 1. The molecule has 0 spiro atoms. The minimum absolute atomic E-state index is 1.06. The molecule has 0 amide bonds. The Kier molecular flexibility index (Phi) is 2.63. The van der Waals surface area contributed by atoms with Crippen LogP contribution in [-0.4, -0.2) is 0 Å². The first-order valence-electron chi connectivity index (χ1n) is 7.09. The second-order valence-electron chi connectivity index (χ2n) is 5.27. The average Bonchev–Trinajstić information content (AvgIpc) is 2.55. The molecule has 0 fully saturated rings. The largest absolute Gasteiger partial charge is 0.212 e. The van der Waals surface area contributed by atoms with Crippen LogP contribution in [0, 0.1) is 0 Å². The van der Waals surface area contributed by atoms with Gasteiger partial charge in [-0.1, -0.05) is 48.5 Å². The maximum Gasteiger partial charge on any atom is 0.212 e. The molecule has 0 N–H and O–H groups in total. The summed E-state index contributed by atoms with van der Waals surface area (Å²) in [5.74, 6) is 0. The summed E-state index contributed by atoms with van der Waals surface area (Å²) in [6.45, 7) is 1.06. The van der Waals surface area contributed by atoms with E-state index >= 15 is 0 Å². The third-order valence-electron chi connectivity index (χ3n) is 4.05. The summed E-state index contributed by atoms with van der Waals surface area (Å²) in [4.78, 5) is 0. The number of hydrogen-bond donors (Lipinski definition) is 0. The smallest absolute Gasteiger partial charge is 0.197 e. The molecular weight excluding hydrogens is 242 g/mol. The summed E-state index contributed by atoms with van der Waals surface area (Å²) in [6, 6.07) is 23.8. The Morgan fingerprint density at radius 1 is 0.700 bits per heavy atom. The summed E-state index contributed by atoms with van der Waals surface area (Å²) in [7, 11) is 0. The molecule has 4 rings (SSSR count). The average molecular weight is 258 g/mol. The third kappa shape index (κ3) is 1.83. The van der Waals surface area contributed by atoms with Gasteiger partial charge in [-0.25, -0.2) is 0 Å². The molecule has 1 aliphatic rings. The predicted octanol–water partition coefficient (Wildman–Crippen LogP) is 3.86. The summed E-state index contributed by atoms with van der Waals surface area (Å²) < 4.78 is 2.38. The highest BCUT2D eigenvalue weighted by atomic mass is 15.0. The van der Waals surface area contributed by atoms with Crippen LogP contribution in [0.1, 0.15) is 5.56 Å². The molecule has 20 heavy (non-hydrogen) atoms. The highest BCUT2D eigenvalue weighted by molar-refractivity contribution is 5.66. The van der Waals surface area contributed by atoms with E-state index in [-0.39, 0.29) is 0 Å². The summed E-state index contributed by atoms with van der Waals surface area (Å²) in [5.41, 5.74) is 6.72. The van der Waals surface area contributed by atoms with Crippen molar-refractivity contribution in [2.24, 2.45) is 0 Å². The van der Waals surface area contributed by atoms with Gasteiger partial charge in [-0.15, -0.1) is 0 Å². The van der Waals surface area contributed by atoms with Crippen molar-refractivity contribution in [3.63, 3.8) is 0 Å². The quantitative estimate of drug-likeness (QED) is 0.583. The van der Waals surface area contributed by atoms with Crippen LogP contribution in [0.5, 0.6) is 0 Å². The van der Waals surface area contributed by atoms with Crippen molar-refractivity contribution in [3.05, 3.63) is 78.5 Å². The first-order chi connectivity index (χ1) is 9.92. The Morgan fingerprint density at radius 2 is 1.50 bits per heavy atom. The standard InChI is InChI=1S/C19H16N/c1-2-6-15(7-3-1)17-10-11-19-18-9-5-4-8-16(18)12-13-20(19)14-17/h1-11,14H,12-13H2/q+1. The van der Waals surface area contributed by atoms with E-state index in [4.69, 9.17) is 0 Å². The lowest BCUT2D eigenvalue weighted by Gasteiger charge is -2.15. The van der Waals surface area contributed by atoms with E-state index in [1.165, 1.54) is 27.9 Å². The normalized spacial score (nSPS) is 12.6. The molecule has 2 aromatic carbocycles. The molecule has 0 unspecified atom stereocenters. The minimum atomic E-state index is 1.06. The lowest BCUT2D eigenvalue weighted by molar-refractivity contribution is -0.687. The maximum absolute atomic E-state index is 2.38. The van der Waals surface area contributed by atoms with Gasteiger partial charge in [0.15, 0.2) is 12.7 Å². The van der Waals surface area contributed by atoms with Crippen LogP contribution in [0.2, 0.25) is 0 Å². The Hall–Kier alpha value is -2.41. The van der Waals surface area contributed by atoms with Gasteiger partial charge in [0.05, 0.1) is 0 Å². The number of aromatic nitrogens is 1. The van der Waals surface area contributed by atoms with E-state index in [0.717, 1.165) is 13.0 Å². The van der Waals surface area contributed by atoms with Crippen molar-refractivity contribution in [1.29, 1.82) is 0 Å². The van der Waals surface area contributed by atoms with Crippen molar-refractivity contribution >= 4 is 0 Å². The molecule has 1 aliphatic heterocycles. The van der Waals surface area contributed by atoms with E-state index in [1.807, 2.05) is 0 Å². The molecule has 96 valence electrons. The van der Waals surface area contributed by atoms with Crippen molar-refractivity contribution in [1.82, 2.24) is 0 Å². The second kappa shape index (κ2) is 4.61. The molecule has 1 heteroatoms. The van der Waals surface area contributed by atoms with Crippen molar-refractivity contribution in [2.45, 2.75) is 13.0 Å². The SMILES string of the molecule is c1ccc(-c2ccc3[n+](c2)CCc2ccccc2-3)cc1. The number of benzene rings is 2. The van der Waals surface area contributed by atoms with Crippen LogP contribution in [0.25, 0.3) is 22.4 Å². The molecule has 1 aromatic heterocycles. The molecule has 0 atom stereocenters. The molecule has 3 aromatic rings. The molecular formula is C19H16N+. The van der Waals surface area contributed by atoms with Gasteiger partial charge in [-0.05, 0) is 23.3 Å². The first-order valence-corrected chi connectivity index (χ1v) is 7.09. The zero-order valence-electron chi connectivity index (χ0n) is 11.3. The molecule has 1 nitrogen and oxygen atoms in total. The Bertz CT molecular complexity index is 760. The van der Waals surface area contributed by atoms with Crippen molar-refractivity contribution in [3.8, 4) is 22.4 Å². The number of rotatable bonds is 1. The van der Waals surface area contributed by atoms with Gasteiger partial charge >= 0.3 is 0 Å². The van der Waals surface area contributed by atoms with Gasteiger partial charge in [0.2, 0.25) is 5.69 Å². The second-order valence-corrected chi connectivity index (χ2v) is 5.27. The van der Waals surface area contributed by atoms with Gasteiger partial charge in [-0.2, -0.15) is 4.57 Å². The van der Waals surface area contributed by atoms with Crippen LogP contribution in [0.4, 0.5) is 0 Å². The summed E-state index contributed by atoms with van der Waals surface area (Å²) in [6.07, 6.45) is 3.40. The lowest BCUT2D eigenvalue weighted by atomic mass is 9.96. The van der Waals surface area contributed by atoms with E-state index in [9.17, 15) is 0 Å². The highest BCUT2D eigenvalue weighted by Gasteiger charge is 2.22. The molecule has 0 saturated carbocycles. The molecule has 0 saturated heterocycles. The van der Waals surface area contributed by atoms with Crippen molar-refractivity contribution in [2.75, 3.05) is 0 Å². The van der Waals surface area contributed by atoms with Gasteiger partial charge in [0.1, 0.15) is 0 Å².